The summed E-state index contributed by atoms with van der Waals surface area (Å²) in [6.45, 7) is 5.83. The molecule has 2 aliphatic heterocycles. The normalized spacial score (nSPS) is 16.2. The zero-order chi connectivity index (χ0) is 31.8. The number of nitrogens with zero attached hydrogens (tertiary/aromatic N) is 1. The van der Waals surface area contributed by atoms with Crippen LogP contribution in [-0.2, 0) is 14.4 Å². The molecule has 0 radical (unpaired) electrons. The molecule has 0 saturated carbocycles. The highest BCUT2D eigenvalue weighted by Crippen LogP contribution is 2.39. The van der Waals surface area contributed by atoms with Crippen molar-refractivity contribution in [2.75, 3.05) is 32.1 Å². The second-order valence-corrected chi connectivity index (χ2v) is 11.0. The van der Waals surface area contributed by atoms with E-state index in [1.807, 2.05) is 12.1 Å². The fraction of sp³-hybridized carbons (Fsp3) is 0.375. The number of allylic oxidation sites excluding steroid dienone is 2. The van der Waals surface area contributed by atoms with Crippen LogP contribution in [0, 0.1) is 0 Å². The number of carboxylic acids is 2. The van der Waals surface area contributed by atoms with Crippen molar-refractivity contribution < 1.29 is 34.1 Å². The Labute approximate surface area is 256 Å². The van der Waals surface area contributed by atoms with Crippen LogP contribution in [0.15, 0.2) is 71.1 Å². The number of amides is 3. The molecule has 0 bridgehead atoms. The Morgan fingerprint density at radius 3 is 2.18 bits per heavy atom. The average molecular weight is 606 g/mol. The number of hydrogen-bond donors (Lipinski definition) is 6. The van der Waals surface area contributed by atoms with E-state index in [1.54, 1.807) is 39.2 Å². The largest absolute Gasteiger partial charge is 0.497 e. The molecule has 1 fully saturated rings. The Morgan fingerprint density at radius 2 is 1.55 bits per heavy atom. The lowest BCUT2D eigenvalue weighted by molar-refractivity contribution is -0.133. The van der Waals surface area contributed by atoms with E-state index in [-0.39, 0.29) is 23.5 Å². The van der Waals surface area contributed by atoms with Gasteiger partial charge in [0.15, 0.2) is 0 Å². The number of dihydropyridines is 1. The van der Waals surface area contributed by atoms with Gasteiger partial charge in [0.05, 0.1) is 24.2 Å². The first kappa shape index (κ1) is 32.1. The summed E-state index contributed by atoms with van der Waals surface area (Å²) >= 11 is 0. The number of anilines is 1. The molecule has 44 heavy (non-hydrogen) atoms. The van der Waals surface area contributed by atoms with Crippen LogP contribution in [0.1, 0.15) is 62.5 Å². The van der Waals surface area contributed by atoms with Crippen LogP contribution in [0.2, 0.25) is 0 Å². The Balaban J connectivity index is 1.24. The summed E-state index contributed by atoms with van der Waals surface area (Å²) in [6, 6.07) is 13.8. The van der Waals surface area contributed by atoms with E-state index < -0.39 is 23.9 Å². The monoisotopic (exact) mass is 605 g/mol. The van der Waals surface area contributed by atoms with Crippen molar-refractivity contribution in [1.82, 2.24) is 21.1 Å². The number of rotatable bonds is 10. The highest BCUT2D eigenvalue weighted by molar-refractivity contribution is 5.98. The van der Waals surface area contributed by atoms with Gasteiger partial charge < -0.3 is 30.5 Å². The van der Waals surface area contributed by atoms with Crippen molar-refractivity contribution in [2.24, 2.45) is 0 Å². The molecule has 2 heterocycles. The lowest BCUT2D eigenvalue weighted by Crippen LogP contribution is -2.44. The standard InChI is InChI=1S/C32H39N5O7/c1-19-27(30(39)40)29(28(31(41)42)20(2)33-19)23-8-4-9-24(17-23)34-32(43)36-35-26(38)11-6-14-37-15-12-21(13-16-37)22-7-5-10-25(18-22)44-3/h4-5,7-10,17-18,21,29,33H,6,11-16H2,1-3H3,(H,35,38)(H,39,40)(H,41,42)(H2,34,36,43). The summed E-state index contributed by atoms with van der Waals surface area (Å²) in [5.41, 5.74) is 7.19. The fourth-order valence-corrected chi connectivity index (χ4v) is 5.89. The molecule has 2 aromatic carbocycles. The van der Waals surface area contributed by atoms with Crippen LogP contribution < -0.4 is 26.2 Å². The molecule has 12 heteroatoms. The van der Waals surface area contributed by atoms with Crippen LogP contribution in [0.4, 0.5) is 10.5 Å². The van der Waals surface area contributed by atoms with Gasteiger partial charge in [-0.25, -0.2) is 19.8 Å². The van der Waals surface area contributed by atoms with E-state index >= 15 is 0 Å². The number of benzene rings is 2. The van der Waals surface area contributed by atoms with Gasteiger partial charge in [-0.3, -0.25) is 10.2 Å². The fourth-order valence-electron chi connectivity index (χ4n) is 5.89. The minimum atomic E-state index is -1.25. The first-order chi connectivity index (χ1) is 21.1. The van der Waals surface area contributed by atoms with Crippen molar-refractivity contribution in [1.29, 1.82) is 0 Å². The summed E-state index contributed by atoms with van der Waals surface area (Å²) in [5, 5.41) is 25.1. The minimum absolute atomic E-state index is 0.0944. The topological polar surface area (TPSA) is 169 Å². The maximum Gasteiger partial charge on any atom is 0.337 e. The van der Waals surface area contributed by atoms with E-state index in [0.29, 0.717) is 35.0 Å². The highest BCUT2D eigenvalue weighted by Gasteiger charge is 2.36. The van der Waals surface area contributed by atoms with Crippen molar-refractivity contribution in [3.05, 3.63) is 82.2 Å². The van der Waals surface area contributed by atoms with Gasteiger partial charge >= 0.3 is 18.0 Å². The first-order valence-corrected chi connectivity index (χ1v) is 14.5. The Morgan fingerprint density at radius 1 is 0.909 bits per heavy atom. The molecule has 0 aromatic heterocycles. The number of methoxy groups -OCH3 is 1. The van der Waals surface area contributed by atoms with Gasteiger partial charge in [-0.2, -0.15) is 0 Å². The van der Waals surface area contributed by atoms with Crippen LogP contribution in [0.25, 0.3) is 0 Å². The molecule has 4 rings (SSSR count). The van der Waals surface area contributed by atoms with Gasteiger partial charge in [0.25, 0.3) is 0 Å². The predicted molar refractivity (Wildman–Crippen MR) is 164 cm³/mol. The lowest BCUT2D eigenvalue weighted by Gasteiger charge is -2.32. The summed E-state index contributed by atoms with van der Waals surface area (Å²) in [7, 11) is 1.67. The first-order valence-electron chi connectivity index (χ1n) is 14.5. The Kier molecular flexibility index (Phi) is 10.6. The number of urea groups is 1. The molecule has 2 aliphatic rings. The van der Waals surface area contributed by atoms with E-state index in [2.05, 4.69) is 38.5 Å². The molecule has 0 spiro atoms. The van der Waals surface area contributed by atoms with E-state index in [0.717, 1.165) is 38.2 Å². The van der Waals surface area contributed by atoms with Crippen molar-refractivity contribution in [3.8, 4) is 5.75 Å². The second-order valence-electron chi connectivity index (χ2n) is 11.0. The molecule has 3 amide bonds. The molecule has 0 aliphatic carbocycles. The number of carbonyl (C=O) groups is 4. The maximum atomic E-state index is 12.5. The number of likely N-dealkylation sites (tertiary alicyclic amines) is 1. The maximum absolute atomic E-state index is 12.5. The van der Waals surface area contributed by atoms with Crippen LogP contribution in [0.3, 0.4) is 0 Å². The number of aliphatic carboxylic acids is 2. The summed E-state index contributed by atoms with van der Waals surface area (Å²) < 4.78 is 5.34. The number of piperidine rings is 1. The molecular weight excluding hydrogens is 566 g/mol. The third-order valence-electron chi connectivity index (χ3n) is 8.05. The van der Waals surface area contributed by atoms with Gasteiger partial charge in [-0.1, -0.05) is 24.3 Å². The second kappa shape index (κ2) is 14.6. The van der Waals surface area contributed by atoms with E-state index in [4.69, 9.17) is 4.74 Å². The van der Waals surface area contributed by atoms with Gasteiger partial charge in [-0.15, -0.1) is 0 Å². The van der Waals surface area contributed by atoms with Crippen LogP contribution in [-0.4, -0.2) is 65.7 Å². The average Bonchev–Trinajstić information content (AvgIpc) is 2.99. The molecule has 234 valence electrons. The highest BCUT2D eigenvalue weighted by atomic mass is 16.5. The number of carbonyl (C=O) groups excluding carboxylic acids is 2. The number of ether oxygens (including phenoxy) is 1. The molecule has 0 unspecified atom stereocenters. The summed E-state index contributed by atoms with van der Waals surface area (Å²) in [4.78, 5) is 51.3. The van der Waals surface area contributed by atoms with Crippen LogP contribution in [0.5, 0.6) is 5.75 Å². The number of hydrazine groups is 1. The van der Waals surface area contributed by atoms with Crippen molar-refractivity contribution in [3.63, 3.8) is 0 Å². The predicted octanol–water partition coefficient (Wildman–Crippen LogP) is 3.91. The summed E-state index contributed by atoms with van der Waals surface area (Å²) in [5.74, 6) is -2.51. The van der Waals surface area contributed by atoms with Crippen LogP contribution >= 0.6 is 0 Å². The zero-order valence-electron chi connectivity index (χ0n) is 25.1. The molecular formula is C32H39N5O7. The zero-order valence-corrected chi connectivity index (χ0v) is 25.1. The van der Waals surface area contributed by atoms with Gasteiger partial charge in [0, 0.05) is 23.5 Å². The minimum Gasteiger partial charge on any atom is -0.497 e. The molecule has 0 atom stereocenters. The van der Waals surface area contributed by atoms with Gasteiger partial charge in [0.2, 0.25) is 5.91 Å². The van der Waals surface area contributed by atoms with Crippen molar-refractivity contribution in [2.45, 2.75) is 51.4 Å². The third kappa shape index (κ3) is 7.95. The molecule has 6 N–H and O–H groups in total. The Bertz CT molecular complexity index is 1440. The molecule has 2 aromatic rings. The number of nitrogens with one attached hydrogen (secondary N) is 4. The third-order valence-corrected chi connectivity index (χ3v) is 8.05. The van der Waals surface area contributed by atoms with Gasteiger partial charge in [0.1, 0.15) is 5.75 Å². The van der Waals surface area contributed by atoms with Gasteiger partial charge in [-0.05, 0) is 94.1 Å². The smallest absolute Gasteiger partial charge is 0.337 e. The number of carboxylic acid groups (broad SMARTS) is 2. The Hall–Kier alpha value is -4.84. The molecule has 1 saturated heterocycles. The SMILES string of the molecule is COc1cccc(C2CCN(CCCC(=O)NNC(=O)Nc3cccc(C4C(C(=O)O)=C(C)NC(C)=C4C(=O)O)c3)CC2)c1. The van der Waals surface area contributed by atoms with E-state index in [9.17, 15) is 29.4 Å². The quantitative estimate of drug-likeness (QED) is 0.220. The summed E-state index contributed by atoms with van der Waals surface area (Å²) in [6.07, 6.45) is 2.98. The van der Waals surface area contributed by atoms with Crippen molar-refractivity contribution >= 4 is 29.6 Å². The number of hydrogen-bond acceptors (Lipinski definition) is 7. The van der Waals surface area contributed by atoms with E-state index in [1.165, 1.54) is 11.6 Å². The lowest BCUT2D eigenvalue weighted by atomic mass is 9.80. The molecule has 12 nitrogen and oxygen atoms in total.